The first kappa shape index (κ1) is 20.6. The van der Waals surface area contributed by atoms with Crippen LogP contribution in [0.1, 0.15) is 5.56 Å². The number of methoxy groups -OCH3 is 2. The lowest BCUT2D eigenvalue weighted by molar-refractivity contribution is -0.140. The summed E-state index contributed by atoms with van der Waals surface area (Å²) in [5, 5.41) is 2.26. The van der Waals surface area contributed by atoms with Gasteiger partial charge in [0.25, 0.3) is 5.91 Å². The maximum atomic E-state index is 13.4. The van der Waals surface area contributed by atoms with Crippen LogP contribution in [0, 0.1) is 0 Å². The van der Waals surface area contributed by atoms with Crippen molar-refractivity contribution in [3.63, 3.8) is 0 Å². The normalized spacial score (nSPS) is 15.1. The molecule has 0 unspecified atom stereocenters. The number of carbonyl (C=O) groups excluding carboxylic acids is 2. The number of anilines is 1. The summed E-state index contributed by atoms with van der Waals surface area (Å²) < 4.78 is 10.0. The van der Waals surface area contributed by atoms with Gasteiger partial charge in [-0.25, -0.2) is 0 Å². The van der Waals surface area contributed by atoms with E-state index in [4.69, 9.17) is 21.7 Å². The van der Waals surface area contributed by atoms with E-state index in [0.29, 0.717) is 17.1 Å². The van der Waals surface area contributed by atoms with Crippen LogP contribution in [0.2, 0.25) is 0 Å². The molecule has 7 heteroatoms. The fourth-order valence-corrected chi connectivity index (χ4v) is 3.86. The van der Waals surface area contributed by atoms with Crippen molar-refractivity contribution in [2.24, 2.45) is 0 Å². The van der Waals surface area contributed by atoms with Crippen LogP contribution in [0.3, 0.4) is 0 Å². The topological polar surface area (TPSA) is 59.1 Å². The highest BCUT2D eigenvalue weighted by Gasteiger charge is 2.40. The maximum absolute atomic E-state index is 13.4. The molecule has 1 aliphatic heterocycles. The lowest BCUT2D eigenvalue weighted by Gasteiger charge is -2.19. The number of hydrogen-bond acceptors (Lipinski definition) is 5. The number of rotatable bonds is 5. The summed E-state index contributed by atoms with van der Waals surface area (Å²) >= 11 is 5.59. The van der Waals surface area contributed by atoms with Crippen molar-refractivity contribution in [2.45, 2.75) is 0 Å². The number of fused-ring (bicyclic) bond motifs is 1. The van der Waals surface area contributed by atoms with Crippen LogP contribution in [0.25, 0.3) is 16.8 Å². The number of amides is 1. The van der Waals surface area contributed by atoms with Crippen molar-refractivity contribution in [1.29, 1.82) is 0 Å². The molecule has 3 aromatic carbocycles. The molecule has 0 aromatic heterocycles. The average molecular weight is 433 g/mol. The molecule has 1 fully saturated rings. The van der Waals surface area contributed by atoms with E-state index in [9.17, 15) is 9.59 Å². The molecular weight excluding hydrogens is 412 g/mol. The Kier molecular flexibility index (Phi) is 5.68. The fourth-order valence-electron chi connectivity index (χ4n) is 3.51. The lowest BCUT2D eigenvalue weighted by Crippen LogP contribution is -2.35. The predicted octanol–water partition coefficient (Wildman–Crippen LogP) is 4.00. The molecular formula is C24H20N2O4S. The number of hydrogen-bond donors (Lipinski definition) is 0. The number of thiocarbonyl (C=S) groups is 1. The quantitative estimate of drug-likeness (QED) is 0.345. The molecule has 1 amide bonds. The molecule has 0 radical (unpaired) electrons. The van der Waals surface area contributed by atoms with Crippen LogP contribution >= 0.6 is 12.2 Å². The Bertz CT molecular complexity index is 1200. The second kappa shape index (κ2) is 8.57. The Hall–Kier alpha value is -3.71. The number of nitrogens with zero attached hydrogens (tertiary/aromatic N) is 2. The summed E-state index contributed by atoms with van der Waals surface area (Å²) in [5.74, 6) is -0.137. The van der Waals surface area contributed by atoms with Crippen LogP contribution in [-0.2, 0) is 14.3 Å². The van der Waals surface area contributed by atoms with Gasteiger partial charge in [-0.05, 0) is 58.9 Å². The minimum Gasteiger partial charge on any atom is -0.497 e. The van der Waals surface area contributed by atoms with Crippen molar-refractivity contribution in [2.75, 3.05) is 25.7 Å². The Labute approximate surface area is 185 Å². The first-order valence-corrected chi connectivity index (χ1v) is 10.0. The van der Waals surface area contributed by atoms with E-state index in [0.717, 1.165) is 16.3 Å². The molecule has 0 aliphatic carbocycles. The molecule has 4 rings (SSSR count). The molecule has 1 heterocycles. The Balaban J connectivity index is 1.81. The van der Waals surface area contributed by atoms with Gasteiger partial charge in [0.1, 0.15) is 18.0 Å². The minimum atomic E-state index is -0.490. The van der Waals surface area contributed by atoms with Gasteiger partial charge in [0.05, 0.1) is 19.9 Å². The Morgan fingerprint density at radius 2 is 1.71 bits per heavy atom. The van der Waals surface area contributed by atoms with Gasteiger partial charge < -0.3 is 14.4 Å². The fraction of sp³-hybridized carbons (Fsp3) is 0.125. The first-order chi connectivity index (χ1) is 15.0. The number of benzene rings is 3. The lowest BCUT2D eigenvalue weighted by atomic mass is 10.0. The highest BCUT2D eigenvalue weighted by Crippen LogP contribution is 2.31. The van der Waals surface area contributed by atoms with E-state index < -0.39 is 5.97 Å². The maximum Gasteiger partial charge on any atom is 0.325 e. The monoisotopic (exact) mass is 432 g/mol. The average Bonchev–Trinajstić information content (AvgIpc) is 3.03. The third kappa shape index (κ3) is 3.87. The van der Waals surface area contributed by atoms with Crippen molar-refractivity contribution in [3.05, 3.63) is 78.0 Å². The molecule has 0 saturated carbocycles. The second-order valence-electron chi connectivity index (χ2n) is 6.88. The van der Waals surface area contributed by atoms with Crippen molar-refractivity contribution in [1.82, 2.24) is 4.90 Å². The molecule has 1 saturated heterocycles. The Morgan fingerprint density at radius 3 is 2.42 bits per heavy atom. The zero-order valence-electron chi connectivity index (χ0n) is 17.1. The van der Waals surface area contributed by atoms with E-state index in [1.54, 1.807) is 37.5 Å². The third-order valence-corrected chi connectivity index (χ3v) is 5.50. The van der Waals surface area contributed by atoms with Gasteiger partial charge in [0.2, 0.25) is 0 Å². The Morgan fingerprint density at radius 1 is 1.00 bits per heavy atom. The summed E-state index contributed by atoms with van der Waals surface area (Å²) in [6, 6.07) is 20.8. The minimum absolute atomic E-state index is 0.162. The van der Waals surface area contributed by atoms with Gasteiger partial charge >= 0.3 is 5.97 Å². The first-order valence-electron chi connectivity index (χ1n) is 9.60. The van der Waals surface area contributed by atoms with Gasteiger partial charge in [-0.2, -0.15) is 0 Å². The molecule has 0 N–H and O–H groups in total. The summed E-state index contributed by atoms with van der Waals surface area (Å²) in [5.41, 5.74) is 1.75. The zero-order chi connectivity index (χ0) is 22.0. The highest BCUT2D eigenvalue weighted by atomic mass is 32.1. The number of esters is 1. The van der Waals surface area contributed by atoms with Crippen LogP contribution in [-0.4, -0.2) is 42.7 Å². The molecule has 6 nitrogen and oxygen atoms in total. The smallest absolute Gasteiger partial charge is 0.325 e. The predicted molar refractivity (Wildman–Crippen MR) is 124 cm³/mol. The van der Waals surface area contributed by atoms with Crippen molar-refractivity contribution >= 4 is 51.7 Å². The van der Waals surface area contributed by atoms with Gasteiger partial charge in [0, 0.05) is 0 Å². The summed E-state index contributed by atoms with van der Waals surface area (Å²) in [4.78, 5) is 28.4. The summed E-state index contributed by atoms with van der Waals surface area (Å²) in [7, 11) is 2.88. The van der Waals surface area contributed by atoms with E-state index in [1.807, 2.05) is 42.5 Å². The third-order valence-electron chi connectivity index (χ3n) is 5.10. The highest BCUT2D eigenvalue weighted by molar-refractivity contribution is 7.80. The van der Waals surface area contributed by atoms with Gasteiger partial charge in [-0.1, -0.05) is 42.5 Å². The van der Waals surface area contributed by atoms with E-state index in [1.165, 1.54) is 16.9 Å². The van der Waals surface area contributed by atoms with Gasteiger partial charge in [-0.3, -0.25) is 14.5 Å². The molecule has 0 atom stereocenters. The van der Waals surface area contributed by atoms with Crippen molar-refractivity contribution in [3.8, 4) is 5.75 Å². The van der Waals surface area contributed by atoms with Crippen molar-refractivity contribution < 1.29 is 19.1 Å². The van der Waals surface area contributed by atoms with E-state index in [-0.39, 0.29) is 17.6 Å². The molecule has 0 spiro atoms. The standard InChI is InChI=1S/C24H20N2O4S/c1-29-19-12-10-18(11-13-19)26-23(28)21(25(24(26)31)15-22(27)30-2)14-17-8-5-7-16-6-3-4-9-20(16)17/h3-14H,15H2,1-2H3/b21-14-. The van der Waals surface area contributed by atoms with Crippen LogP contribution in [0.5, 0.6) is 5.75 Å². The van der Waals surface area contributed by atoms with Gasteiger partial charge in [0.15, 0.2) is 5.11 Å². The molecule has 31 heavy (non-hydrogen) atoms. The number of carbonyl (C=O) groups is 2. The number of ether oxygens (including phenoxy) is 2. The summed E-state index contributed by atoms with van der Waals surface area (Å²) in [6.07, 6.45) is 1.77. The molecule has 0 bridgehead atoms. The van der Waals surface area contributed by atoms with E-state index in [2.05, 4.69) is 0 Å². The zero-order valence-corrected chi connectivity index (χ0v) is 17.9. The molecule has 3 aromatic rings. The van der Waals surface area contributed by atoms with Crippen LogP contribution in [0.15, 0.2) is 72.4 Å². The molecule has 156 valence electrons. The van der Waals surface area contributed by atoms with E-state index >= 15 is 0 Å². The van der Waals surface area contributed by atoms with Crippen LogP contribution < -0.4 is 9.64 Å². The largest absolute Gasteiger partial charge is 0.497 e. The SMILES string of the molecule is COC(=O)CN1C(=S)N(c2ccc(OC)cc2)C(=O)/C1=C/c1cccc2ccccc12. The van der Waals surface area contributed by atoms with Gasteiger partial charge in [-0.15, -0.1) is 0 Å². The van der Waals surface area contributed by atoms with Crippen LogP contribution in [0.4, 0.5) is 5.69 Å². The molecule has 1 aliphatic rings. The summed E-state index contributed by atoms with van der Waals surface area (Å²) in [6.45, 7) is -0.162. The second-order valence-corrected chi connectivity index (χ2v) is 7.25.